The molecule has 1 fully saturated rings. The molecular formula is C21H22F3NO3. The summed E-state index contributed by atoms with van der Waals surface area (Å²) in [5, 5.41) is 0. The Hall–Kier alpha value is -2.70. The zero-order valence-corrected chi connectivity index (χ0v) is 15.5. The van der Waals surface area contributed by atoms with E-state index in [1.807, 2.05) is 24.3 Å². The maximum atomic E-state index is 12.9. The molecule has 0 radical (unpaired) electrons. The normalized spacial score (nSPS) is 17.7. The summed E-state index contributed by atoms with van der Waals surface area (Å²) in [5.41, 5.74) is 1.50. The standard InChI is InChI=1S/C21H22F3NO3/c1-27-18-9-5-15(6-10-18)17-4-2-3-13-25(14-17)20(26)16-7-11-19(12-8-16)28-21(22,23)24/h5-12,17H,2-4,13-14H2,1H3. The molecule has 2 aromatic carbocycles. The maximum absolute atomic E-state index is 12.9. The third kappa shape index (κ3) is 5.18. The van der Waals surface area contributed by atoms with E-state index in [4.69, 9.17) is 4.74 Å². The van der Waals surface area contributed by atoms with Crippen LogP contribution in [0.5, 0.6) is 11.5 Å². The first-order valence-corrected chi connectivity index (χ1v) is 9.15. The minimum Gasteiger partial charge on any atom is -0.497 e. The van der Waals surface area contributed by atoms with Crippen molar-refractivity contribution in [2.45, 2.75) is 31.5 Å². The molecule has 3 rings (SSSR count). The van der Waals surface area contributed by atoms with Gasteiger partial charge in [0.2, 0.25) is 0 Å². The zero-order chi connectivity index (χ0) is 20.1. The first kappa shape index (κ1) is 20.0. The van der Waals surface area contributed by atoms with Gasteiger partial charge >= 0.3 is 6.36 Å². The van der Waals surface area contributed by atoms with Crippen molar-refractivity contribution in [2.24, 2.45) is 0 Å². The van der Waals surface area contributed by atoms with Crippen LogP contribution >= 0.6 is 0 Å². The number of carbonyl (C=O) groups excluding carboxylic acids is 1. The molecule has 4 nitrogen and oxygen atoms in total. The molecule has 0 aromatic heterocycles. The summed E-state index contributed by atoms with van der Waals surface area (Å²) in [4.78, 5) is 14.6. The molecule has 1 atom stereocenters. The summed E-state index contributed by atoms with van der Waals surface area (Å²) in [6.07, 6.45) is -1.86. The number of benzene rings is 2. The summed E-state index contributed by atoms with van der Waals surface area (Å²) in [6.45, 7) is 1.21. The highest BCUT2D eigenvalue weighted by atomic mass is 19.4. The van der Waals surface area contributed by atoms with Crippen molar-refractivity contribution in [2.75, 3.05) is 20.2 Å². The Kier molecular flexibility index (Phi) is 6.11. The second kappa shape index (κ2) is 8.54. The largest absolute Gasteiger partial charge is 0.573 e. The number of rotatable bonds is 4. The highest BCUT2D eigenvalue weighted by Gasteiger charge is 2.31. The smallest absolute Gasteiger partial charge is 0.497 e. The van der Waals surface area contributed by atoms with Crippen molar-refractivity contribution in [3.8, 4) is 11.5 Å². The van der Waals surface area contributed by atoms with E-state index in [0.717, 1.165) is 30.6 Å². The Balaban J connectivity index is 1.71. The molecule has 1 unspecified atom stereocenters. The lowest BCUT2D eigenvalue weighted by molar-refractivity contribution is -0.274. The average molecular weight is 393 g/mol. The van der Waals surface area contributed by atoms with E-state index in [0.29, 0.717) is 18.7 Å². The first-order valence-electron chi connectivity index (χ1n) is 9.15. The summed E-state index contributed by atoms with van der Waals surface area (Å²) < 4.78 is 45.9. The Labute approximate surface area is 161 Å². The van der Waals surface area contributed by atoms with Crippen molar-refractivity contribution < 1.29 is 27.4 Å². The molecule has 150 valence electrons. The van der Waals surface area contributed by atoms with Gasteiger partial charge in [-0.15, -0.1) is 13.2 Å². The second-order valence-electron chi connectivity index (χ2n) is 6.79. The van der Waals surface area contributed by atoms with Crippen LogP contribution in [0.1, 0.15) is 41.1 Å². The van der Waals surface area contributed by atoms with Crippen molar-refractivity contribution in [3.05, 3.63) is 59.7 Å². The van der Waals surface area contributed by atoms with Crippen LogP contribution in [0.3, 0.4) is 0 Å². The molecule has 0 N–H and O–H groups in total. The Bertz CT molecular complexity index is 788. The molecule has 1 heterocycles. The third-order valence-electron chi connectivity index (χ3n) is 4.88. The minimum absolute atomic E-state index is 0.182. The number of methoxy groups -OCH3 is 1. The number of halogens is 3. The monoisotopic (exact) mass is 393 g/mol. The van der Waals surface area contributed by atoms with Gasteiger partial charge in [-0.3, -0.25) is 4.79 Å². The number of ether oxygens (including phenoxy) is 2. The van der Waals surface area contributed by atoms with E-state index in [1.165, 1.54) is 24.3 Å². The van der Waals surface area contributed by atoms with Gasteiger partial charge < -0.3 is 14.4 Å². The maximum Gasteiger partial charge on any atom is 0.573 e. The lowest BCUT2D eigenvalue weighted by Gasteiger charge is -2.25. The van der Waals surface area contributed by atoms with Crippen LogP contribution in [0.25, 0.3) is 0 Å². The molecular weight excluding hydrogens is 371 g/mol. The number of likely N-dealkylation sites (tertiary alicyclic amines) is 1. The predicted octanol–water partition coefficient (Wildman–Crippen LogP) is 5.00. The minimum atomic E-state index is -4.75. The quantitative estimate of drug-likeness (QED) is 0.734. The van der Waals surface area contributed by atoms with Crippen LogP contribution in [0.4, 0.5) is 13.2 Å². The second-order valence-corrected chi connectivity index (χ2v) is 6.79. The lowest BCUT2D eigenvalue weighted by Crippen LogP contribution is -2.34. The van der Waals surface area contributed by atoms with Crippen molar-refractivity contribution >= 4 is 5.91 Å². The number of hydrogen-bond donors (Lipinski definition) is 0. The third-order valence-corrected chi connectivity index (χ3v) is 4.88. The fourth-order valence-corrected chi connectivity index (χ4v) is 3.46. The van der Waals surface area contributed by atoms with E-state index in [2.05, 4.69) is 4.74 Å². The van der Waals surface area contributed by atoms with Crippen LogP contribution in [0.2, 0.25) is 0 Å². The Morgan fingerprint density at radius 3 is 2.25 bits per heavy atom. The summed E-state index contributed by atoms with van der Waals surface area (Å²) in [6, 6.07) is 12.9. The SMILES string of the molecule is COc1ccc(C2CCCCN(C(=O)c3ccc(OC(F)(F)F)cc3)C2)cc1. The molecule has 0 spiro atoms. The molecule has 1 aliphatic heterocycles. The molecule has 0 bridgehead atoms. The van der Waals surface area contributed by atoms with Crippen molar-refractivity contribution in [1.82, 2.24) is 4.90 Å². The van der Waals surface area contributed by atoms with E-state index >= 15 is 0 Å². The predicted molar refractivity (Wildman–Crippen MR) is 98.6 cm³/mol. The molecule has 1 amide bonds. The fourth-order valence-electron chi connectivity index (χ4n) is 3.46. The van der Waals surface area contributed by atoms with Gasteiger partial charge in [0.1, 0.15) is 11.5 Å². The van der Waals surface area contributed by atoms with E-state index in [1.54, 1.807) is 12.0 Å². The van der Waals surface area contributed by atoms with Crippen LogP contribution in [-0.4, -0.2) is 37.4 Å². The summed E-state index contributed by atoms with van der Waals surface area (Å²) >= 11 is 0. The topological polar surface area (TPSA) is 38.8 Å². The molecule has 0 aliphatic carbocycles. The van der Waals surface area contributed by atoms with Crippen LogP contribution in [-0.2, 0) is 0 Å². The van der Waals surface area contributed by atoms with Gasteiger partial charge in [0.25, 0.3) is 5.91 Å². The zero-order valence-electron chi connectivity index (χ0n) is 15.5. The lowest BCUT2D eigenvalue weighted by atomic mass is 9.94. The van der Waals surface area contributed by atoms with Crippen LogP contribution in [0.15, 0.2) is 48.5 Å². The van der Waals surface area contributed by atoms with Gasteiger partial charge in [-0.05, 0) is 54.8 Å². The number of nitrogens with zero attached hydrogens (tertiary/aromatic N) is 1. The highest BCUT2D eigenvalue weighted by Crippen LogP contribution is 2.29. The molecule has 1 saturated heterocycles. The number of alkyl halides is 3. The van der Waals surface area contributed by atoms with Crippen molar-refractivity contribution in [3.63, 3.8) is 0 Å². The highest BCUT2D eigenvalue weighted by molar-refractivity contribution is 5.94. The average Bonchev–Trinajstić information content (AvgIpc) is 2.93. The van der Waals surface area contributed by atoms with Gasteiger partial charge in [-0.1, -0.05) is 18.6 Å². The Morgan fingerprint density at radius 1 is 1.00 bits per heavy atom. The fraction of sp³-hybridized carbons (Fsp3) is 0.381. The number of carbonyl (C=O) groups is 1. The molecule has 2 aromatic rings. The van der Waals surface area contributed by atoms with E-state index < -0.39 is 6.36 Å². The molecule has 1 aliphatic rings. The van der Waals surface area contributed by atoms with Gasteiger partial charge in [-0.2, -0.15) is 0 Å². The summed E-state index contributed by atoms with van der Waals surface area (Å²) in [5.74, 6) is 0.478. The van der Waals surface area contributed by atoms with E-state index in [-0.39, 0.29) is 17.6 Å². The van der Waals surface area contributed by atoms with Gasteiger partial charge in [0.15, 0.2) is 0 Å². The summed E-state index contributed by atoms with van der Waals surface area (Å²) in [7, 11) is 1.62. The molecule has 28 heavy (non-hydrogen) atoms. The molecule has 7 heteroatoms. The number of amides is 1. The molecule has 0 saturated carbocycles. The van der Waals surface area contributed by atoms with E-state index in [9.17, 15) is 18.0 Å². The Morgan fingerprint density at radius 2 is 1.64 bits per heavy atom. The van der Waals surface area contributed by atoms with Crippen LogP contribution in [0, 0.1) is 0 Å². The first-order chi connectivity index (χ1) is 13.4. The van der Waals surface area contributed by atoms with Gasteiger partial charge in [-0.25, -0.2) is 0 Å². The van der Waals surface area contributed by atoms with Crippen LogP contribution < -0.4 is 9.47 Å². The van der Waals surface area contributed by atoms with Gasteiger partial charge in [0.05, 0.1) is 7.11 Å². The van der Waals surface area contributed by atoms with Gasteiger partial charge in [0, 0.05) is 24.6 Å². The van der Waals surface area contributed by atoms with Crippen molar-refractivity contribution in [1.29, 1.82) is 0 Å². The number of hydrogen-bond acceptors (Lipinski definition) is 3.